The van der Waals surface area contributed by atoms with Crippen LogP contribution < -0.4 is 0 Å². The van der Waals surface area contributed by atoms with Crippen molar-refractivity contribution in [2.45, 2.75) is 31.9 Å². The average Bonchev–Trinajstić information content (AvgIpc) is 3.34. The Bertz CT molecular complexity index is 651. The molecule has 1 aromatic heterocycles. The zero-order valence-electron chi connectivity index (χ0n) is 13.5. The van der Waals surface area contributed by atoms with Crippen molar-refractivity contribution < 1.29 is 9.53 Å². The summed E-state index contributed by atoms with van der Waals surface area (Å²) in [5.74, 6) is 0.178. The number of ether oxygens (including phenoxy) is 1. The van der Waals surface area contributed by atoms with E-state index in [0.717, 1.165) is 43.4 Å². The number of nitrogens with zero attached hydrogens (tertiary/aromatic N) is 3. The third kappa shape index (κ3) is 3.53. The molecular weight excluding hydrogens is 342 g/mol. The fraction of sp³-hybridized carbons (Fsp3) is 0.529. The van der Waals surface area contributed by atoms with Crippen LogP contribution in [0.25, 0.3) is 0 Å². The minimum atomic E-state index is 0.178. The third-order valence-corrected chi connectivity index (χ3v) is 6.22. The molecule has 0 unspecified atom stereocenters. The van der Waals surface area contributed by atoms with Crippen molar-refractivity contribution in [3.8, 4) is 0 Å². The van der Waals surface area contributed by atoms with E-state index in [1.807, 2.05) is 4.90 Å². The van der Waals surface area contributed by atoms with Crippen molar-refractivity contribution in [3.05, 3.63) is 33.5 Å². The number of amidine groups is 1. The van der Waals surface area contributed by atoms with Crippen molar-refractivity contribution >= 4 is 34.2 Å². The molecule has 3 aliphatic rings. The van der Waals surface area contributed by atoms with Crippen molar-refractivity contribution in [2.24, 2.45) is 4.99 Å². The molecule has 1 amide bonds. The predicted molar refractivity (Wildman–Crippen MR) is 98.0 cm³/mol. The first kappa shape index (κ1) is 16.2. The average molecular weight is 364 g/mol. The molecule has 0 aliphatic carbocycles. The number of carbonyl (C=O) groups is 1. The zero-order chi connectivity index (χ0) is 16.4. The first-order valence-corrected chi connectivity index (χ1v) is 10.2. The fourth-order valence-corrected chi connectivity index (χ4v) is 4.89. The molecule has 7 heteroatoms. The number of aliphatic imine (C=N–C) groups is 1. The maximum atomic E-state index is 13.0. The van der Waals surface area contributed by atoms with Gasteiger partial charge in [0.2, 0.25) is 5.91 Å². The Labute approximate surface area is 150 Å². The molecule has 4 rings (SSSR count). The summed E-state index contributed by atoms with van der Waals surface area (Å²) >= 11 is 3.31. The van der Waals surface area contributed by atoms with Crippen LogP contribution in [0.4, 0.5) is 0 Å². The summed E-state index contributed by atoms with van der Waals surface area (Å²) in [6.45, 7) is 3.92. The van der Waals surface area contributed by atoms with Gasteiger partial charge in [0.05, 0.1) is 19.1 Å². The monoisotopic (exact) mass is 363 g/mol. The van der Waals surface area contributed by atoms with Gasteiger partial charge in [-0.1, -0.05) is 11.8 Å². The van der Waals surface area contributed by atoms with E-state index in [9.17, 15) is 4.79 Å². The van der Waals surface area contributed by atoms with Gasteiger partial charge in [-0.15, -0.1) is 0 Å². The van der Waals surface area contributed by atoms with E-state index < -0.39 is 0 Å². The van der Waals surface area contributed by atoms with Crippen molar-refractivity contribution in [3.63, 3.8) is 0 Å². The molecule has 128 valence electrons. The Morgan fingerprint density at radius 3 is 3.25 bits per heavy atom. The Hall–Kier alpha value is -1.31. The van der Waals surface area contributed by atoms with Crippen LogP contribution in [0.5, 0.6) is 0 Å². The molecule has 1 fully saturated rings. The summed E-state index contributed by atoms with van der Waals surface area (Å²) in [6, 6.07) is 2.09. The van der Waals surface area contributed by atoms with Crippen LogP contribution in [0.3, 0.4) is 0 Å². The third-order valence-electron chi connectivity index (χ3n) is 4.54. The Kier molecular flexibility index (Phi) is 4.91. The molecule has 4 heterocycles. The fourth-order valence-electron chi connectivity index (χ4n) is 3.27. The number of thiophene rings is 1. The van der Waals surface area contributed by atoms with Gasteiger partial charge in [-0.3, -0.25) is 9.79 Å². The highest BCUT2D eigenvalue weighted by molar-refractivity contribution is 8.16. The lowest BCUT2D eigenvalue weighted by Gasteiger charge is -2.26. The lowest BCUT2D eigenvalue weighted by Crippen LogP contribution is -2.38. The summed E-state index contributed by atoms with van der Waals surface area (Å²) in [6.07, 6.45) is 2.78. The summed E-state index contributed by atoms with van der Waals surface area (Å²) in [7, 11) is 0. The van der Waals surface area contributed by atoms with Crippen LogP contribution in [0.1, 0.15) is 24.8 Å². The molecule has 0 N–H and O–H groups in total. The number of thioether (sulfide) groups is 1. The molecule has 0 radical (unpaired) electrons. The summed E-state index contributed by atoms with van der Waals surface area (Å²) < 4.78 is 5.75. The number of rotatable bonds is 6. The number of amides is 1. The van der Waals surface area contributed by atoms with E-state index in [0.29, 0.717) is 19.5 Å². The van der Waals surface area contributed by atoms with Gasteiger partial charge in [0.25, 0.3) is 0 Å². The molecule has 5 nitrogen and oxygen atoms in total. The maximum absolute atomic E-state index is 13.0. The van der Waals surface area contributed by atoms with Crippen LogP contribution in [-0.2, 0) is 16.1 Å². The van der Waals surface area contributed by atoms with Gasteiger partial charge in [-0.05, 0) is 40.6 Å². The number of hydrogen-bond donors (Lipinski definition) is 0. The second-order valence-electron chi connectivity index (χ2n) is 6.26. The smallest absolute Gasteiger partial charge is 0.228 e. The molecule has 0 aromatic carbocycles. The maximum Gasteiger partial charge on any atom is 0.228 e. The van der Waals surface area contributed by atoms with Gasteiger partial charge < -0.3 is 14.5 Å². The van der Waals surface area contributed by atoms with Crippen LogP contribution in [0, 0.1) is 0 Å². The largest absolute Gasteiger partial charge is 0.376 e. The van der Waals surface area contributed by atoms with Gasteiger partial charge in [0.1, 0.15) is 0 Å². The Balaban J connectivity index is 1.43. The van der Waals surface area contributed by atoms with E-state index in [4.69, 9.17) is 4.74 Å². The van der Waals surface area contributed by atoms with E-state index in [1.54, 1.807) is 23.1 Å². The first-order chi connectivity index (χ1) is 11.8. The Morgan fingerprint density at radius 2 is 2.46 bits per heavy atom. The van der Waals surface area contributed by atoms with Crippen molar-refractivity contribution in [1.82, 2.24) is 9.80 Å². The van der Waals surface area contributed by atoms with Gasteiger partial charge in [0.15, 0.2) is 5.17 Å². The number of fused-ring (bicyclic) bond motifs is 1. The highest BCUT2D eigenvalue weighted by Gasteiger charge is 2.30. The second-order valence-corrected chi connectivity index (χ2v) is 7.88. The first-order valence-electron chi connectivity index (χ1n) is 8.38. The second kappa shape index (κ2) is 7.29. The zero-order valence-corrected chi connectivity index (χ0v) is 15.2. The molecule has 1 atom stereocenters. The molecule has 24 heavy (non-hydrogen) atoms. The molecule has 1 saturated heterocycles. The minimum absolute atomic E-state index is 0.178. The highest BCUT2D eigenvalue weighted by Crippen LogP contribution is 2.31. The molecule has 0 spiro atoms. The highest BCUT2D eigenvalue weighted by atomic mass is 32.2. The van der Waals surface area contributed by atoms with E-state index in [-0.39, 0.29) is 12.0 Å². The molecule has 3 aliphatic heterocycles. The molecule has 0 bridgehead atoms. The van der Waals surface area contributed by atoms with Crippen molar-refractivity contribution in [2.75, 3.05) is 26.2 Å². The lowest BCUT2D eigenvalue weighted by atomic mass is 10.2. The number of carbonyl (C=O) groups excluding carboxylic acids is 1. The topological polar surface area (TPSA) is 45.1 Å². The van der Waals surface area contributed by atoms with Crippen LogP contribution in [0.2, 0.25) is 0 Å². The van der Waals surface area contributed by atoms with Crippen LogP contribution >= 0.6 is 23.1 Å². The van der Waals surface area contributed by atoms with Gasteiger partial charge in [0, 0.05) is 31.9 Å². The number of hydrogen-bond acceptors (Lipinski definition) is 6. The molecular formula is C17H21N3O2S2. The minimum Gasteiger partial charge on any atom is -0.376 e. The molecule has 0 saturated carbocycles. The van der Waals surface area contributed by atoms with Gasteiger partial charge >= 0.3 is 0 Å². The Morgan fingerprint density at radius 1 is 1.50 bits per heavy atom. The summed E-state index contributed by atoms with van der Waals surface area (Å²) in [4.78, 5) is 21.6. The van der Waals surface area contributed by atoms with Crippen molar-refractivity contribution in [1.29, 1.82) is 0 Å². The summed E-state index contributed by atoms with van der Waals surface area (Å²) in [5, 5.41) is 7.30. The van der Waals surface area contributed by atoms with E-state index in [1.165, 1.54) is 5.56 Å². The normalized spacial score (nSPS) is 22.5. The SMILES string of the molecule is O=C(CC1=CSC2=NCCN12)N(Cc1ccsc1)C[C@@H]1CCCO1. The van der Waals surface area contributed by atoms with E-state index >= 15 is 0 Å². The summed E-state index contributed by atoms with van der Waals surface area (Å²) in [5.41, 5.74) is 2.29. The van der Waals surface area contributed by atoms with Crippen LogP contribution in [0.15, 0.2) is 32.9 Å². The molecule has 1 aromatic rings. The van der Waals surface area contributed by atoms with Gasteiger partial charge in [-0.2, -0.15) is 11.3 Å². The van der Waals surface area contributed by atoms with Gasteiger partial charge in [-0.25, -0.2) is 0 Å². The predicted octanol–water partition coefficient (Wildman–Crippen LogP) is 2.91. The standard InChI is InChI=1S/C17H21N3O2S2/c21-16(8-14-12-24-17-18-4-5-20(14)17)19(9-13-3-7-23-11-13)10-15-2-1-6-22-15/h3,7,11-12,15H,1-2,4-6,8-10H2/t15-/m0/s1. The van der Waals surface area contributed by atoms with E-state index in [2.05, 4.69) is 32.1 Å². The lowest BCUT2D eigenvalue weighted by molar-refractivity contribution is -0.132. The quantitative estimate of drug-likeness (QED) is 0.780. The van der Waals surface area contributed by atoms with Crippen LogP contribution in [-0.4, -0.2) is 53.2 Å².